The molecule has 0 aliphatic rings. The molecule has 0 saturated heterocycles. The van der Waals surface area contributed by atoms with E-state index in [9.17, 15) is 9.59 Å². The van der Waals surface area contributed by atoms with Gasteiger partial charge in [0.15, 0.2) is 6.04 Å². The van der Waals surface area contributed by atoms with Crippen LogP contribution in [0.2, 0.25) is 0 Å². The van der Waals surface area contributed by atoms with Crippen LogP contribution >= 0.6 is 0 Å². The van der Waals surface area contributed by atoms with Crippen molar-refractivity contribution in [1.29, 1.82) is 0 Å². The highest BCUT2D eigenvalue weighted by molar-refractivity contribution is 5.74. The molecule has 0 fully saturated rings. The lowest BCUT2D eigenvalue weighted by Gasteiger charge is -2.11. The number of aryl methyl sites for hydroxylation is 2. The van der Waals surface area contributed by atoms with Gasteiger partial charge in [-0.1, -0.05) is 24.6 Å². The lowest BCUT2D eigenvalue weighted by molar-refractivity contribution is -0.147. The van der Waals surface area contributed by atoms with Gasteiger partial charge in [-0.3, -0.25) is 0 Å². The Bertz CT molecular complexity index is 1020. The zero-order chi connectivity index (χ0) is 19.6. The predicted octanol–water partition coefficient (Wildman–Crippen LogP) is 2.77. The Kier molecular flexibility index (Phi) is 5.25. The quantitative estimate of drug-likeness (QED) is 0.672. The number of hydrogen-bond donors (Lipinski definition) is 1. The van der Waals surface area contributed by atoms with Crippen molar-refractivity contribution in [2.45, 2.75) is 40.2 Å². The Morgan fingerprint density at radius 2 is 1.93 bits per heavy atom. The second kappa shape index (κ2) is 7.61. The Hall–Kier alpha value is -3.16. The van der Waals surface area contributed by atoms with Crippen LogP contribution < -0.4 is 11.0 Å². The molecule has 8 heteroatoms. The smallest absolute Gasteiger partial charge is 0.352 e. The van der Waals surface area contributed by atoms with Gasteiger partial charge in [-0.25, -0.2) is 14.0 Å². The lowest BCUT2D eigenvalue weighted by atomic mass is 10.2. The molecule has 0 spiro atoms. The standard InChI is InChI=1S/C19H23N5O3/c1-5-15(17(25)27-6-2)24-19(26)23-13(4)11-16(21-18(23)22-24)20-14-9-7-12(3)8-10-14/h7-11,15H,5-6H2,1-4H3,(H,20,21,22)/t15-/m0/s1. The number of ether oxygens (including phenoxy) is 1. The van der Waals surface area contributed by atoms with E-state index in [2.05, 4.69) is 15.4 Å². The fourth-order valence-corrected chi connectivity index (χ4v) is 2.88. The molecule has 0 amide bonds. The summed E-state index contributed by atoms with van der Waals surface area (Å²) in [5.74, 6) is 0.337. The van der Waals surface area contributed by atoms with Crippen LogP contribution in [0, 0.1) is 13.8 Å². The zero-order valence-corrected chi connectivity index (χ0v) is 15.9. The minimum absolute atomic E-state index is 0.234. The van der Waals surface area contributed by atoms with Crippen LogP contribution in [-0.4, -0.2) is 31.7 Å². The van der Waals surface area contributed by atoms with E-state index in [1.54, 1.807) is 19.9 Å². The second-order valence-electron chi connectivity index (χ2n) is 6.31. The van der Waals surface area contributed by atoms with Crippen LogP contribution in [0.4, 0.5) is 11.5 Å². The highest BCUT2D eigenvalue weighted by atomic mass is 16.5. The highest BCUT2D eigenvalue weighted by Crippen LogP contribution is 2.18. The van der Waals surface area contributed by atoms with Gasteiger partial charge in [0.05, 0.1) is 6.61 Å². The van der Waals surface area contributed by atoms with E-state index >= 15 is 0 Å². The molecular weight excluding hydrogens is 346 g/mol. The summed E-state index contributed by atoms with van der Waals surface area (Å²) in [5, 5.41) is 7.49. The van der Waals surface area contributed by atoms with E-state index in [1.165, 1.54) is 4.40 Å². The van der Waals surface area contributed by atoms with Crippen LogP contribution in [0.1, 0.15) is 37.6 Å². The van der Waals surface area contributed by atoms with Crippen LogP contribution in [0.25, 0.3) is 5.78 Å². The molecule has 1 N–H and O–H groups in total. The maximum absolute atomic E-state index is 12.8. The van der Waals surface area contributed by atoms with Crippen LogP contribution in [0.15, 0.2) is 35.1 Å². The molecule has 142 valence electrons. The number of esters is 1. The predicted molar refractivity (Wildman–Crippen MR) is 102 cm³/mol. The summed E-state index contributed by atoms with van der Waals surface area (Å²) >= 11 is 0. The van der Waals surface area contributed by atoms with Gasteiger partial charge in [0, 0.05) is 17.4 Å². The van der Waals surface area contributed by atoms with Crippen LogP contribution in [0.5, 0.6) is 0 Å². The van der Waals surface area contributed by atoms with E-state index in [1.807, 2.05) is 38.1 Å². The molecule has 1 atom stereocenters. The molecule has 0 unspecified atom stereocenters. The molecular formula is C19H23N5O3. The number of rotatable bonds is 6. The van der Waals surface area contributed by atoms with Crippen molar-refractivity contribution in [2.75, 3.05) is 11.9 Å². The van der Waals surface area contributed by atoms with E-state index < -0.39 is 17.7 Å². The molecule has 0 saturated carbocycles. The molecule has 0 bridgehead atoms. The van der Waals surface area contributed by atoms with Gasteiger partial charge in [-0.15, -0.1) is 5.10 Å². The normalized spacial score (nSPS) is 12.1. The summed E-state index contributed by atoms with van der Waals surface area (Å²) in [4.78, 5) is 29.3. The van der Waals surface area contributed by atoms with Crippen molar-refractivity contribution in [3.8, 4) is 0 Å². The van der Waals surface area contributed by atoms with Crippen molar-refractivity contribution in [3.05, 3.63) is 52.1 Å². The largest absolute Gasteiger partial charge is 0.464 e. The third-order valence-corrected chi connectivity index (χ3v) is 4.27. The van der Waals surface area contributed by atoms with Crippen LogP contribution in [-0.2, 0) is 9.53 Å². The number of nitrogens with one attached hydrogen (secondary N) is 1. The van der Waals surface area contributed by atoms with E-state index in [0.29, 0.717) is 17.9 Å². The Balaban J connectivity index is 2.01. The van der Waals surface area contributed by atoms with E-state index in [0.717, 1.165) is 15.9 Å². The maximum atomic E-state index is 12.8. The van der Waals surface area contributed by atoms with Gasteiger partial charge in [-0.05, 0) is 39.3 Å². The fraction of sp³-hybridized carbons (Fsp3) is 0.368. The molecule has 0 radical (unpaired) electrons. The first-order valence-electron chi connectivity index (χ1n) is 8.93. The Morgan fingerprint density at radius 1 is 1.22 bits per heavy atom. The summed E-state index contributed by atoms with van der Waals surface area (Å²) in [5.41, 5.74) is 2.31. The Morgan fingerprint density at radius 3 is 2.56 bits per heavy atom. The lowest BCUT2D eigenvalue weighted by Crippen LogP contribution is -2.31. The third kappa shape index (κ3) is 3.69. The number of fused-ring (bicyclic) bond motifs is 1. The molecule has 0 aliphatic carbocycles. The number of anilines is 2. The van der Waals surface area contributed by atoms with Crippen molar-refractivity contribution in [3.63, 3.8) is 0 Å². The number of nitrogens with zero attached hydrogens (tertiary/aromatic N) is 4. The average Bonchev–Trinajstić information content (AvgIpc) is 2.95. The van der Waals surface area contributed by atoms with Crippen LogP contribution in [0.3, 0.4) is 0 Å². The topological polar surface area (TPSA) is 90.5 Å². The fourth-order valence-electron chi connectivity index (χ4n) is 2.88. The summed E-state index contributed by atoms with van der Waals surface area (Å²) in [6.07, 6.45) is 0.399. The summed E-state index contributed by atoms with van der Waals surface area (Å²) in [6, 6.07) is 8.90. The average molecular weight is 369 g/mol. The second-order valence-corrected chi connectivity index (χ2v) is 6.31. The molecule has 0 aliphatic heterocycles. The first kappa shape index (κ1) is 18.6. The summed E-state index contributed by atoms with van der Waals surface area (Å²) in [6.45, 7) is 7.60. The first-order valence-corrected chi connectivity index (χ1v) is 8.93. The van der Waals surface area contributed by atoms with Crippen molar-refractivity contribution in [1.82, 2.24) is 19.2 Å². The van der Waals surface area contributed by atoms with Crippen molar-refractivity contribution < 1.29 is 9.53 Å². The molecule has 27 heavy (non-hydrogen) atoms. The first-order chi connectivity index (χ1) is 12.9. The molecule has 8 nitrogen and oxygen atoms in total. The number of benzene rings is 1. The minimum Gasteiger partial charge on any atom is -0.464 e. The van der Waals surface area contributed by atoms with Crippen molar-refractivity contribution in [2.24, 2.45) is 0 Å². The van der Waals surface area contributed by atoms with Gasteiger partial charge in [0.2, 0.25) is 0 Å². The number of aromatic nitrogens is 4. The van der Waals surface area contributed by atoms with Crippen molar-refractivity contribution >= 4 is 23.3 Å². The number of hydrogen-bond acceptors (Lipinski definition) is 6. The van der Waals surface area contributed by atoms with Gasteiger partial charge in [-0.2, -0.15) is 9.67 Å². The molecule has 2 heterocycles. The van der Waals surface area contributed by atoms with E-state index in [-0.39, 0.29) is 12.4 Å². The number of carbonyl (C=O) groups excluding carboxylic acids is 1. The molecule has 1 aromatic carbocycles. The SMILES string of the molecule is CCOC(=O)[C@H](CC)n1nc2nc(Nc3ccc(C)cc3)cc(C)n2c1=O. The molecule has 3 rings (SSSR count). The zero-order valence-electron chi connectivity index (χ0n) is 15.9. The van der Waals surface area contributed by atoms with Gasteiger partial charge in [0.25, 0.3) is 5.78 Å². The van der Waals surface area contributed by atoms with Gasteiger partial charge < -0.3 is 10.1 Å². The van der Waals surface area contributed by atoms with Gasteiger partial charge in [0.1, 0.15) is 5.82 Å². The highest BCUT2D eigenvalue weighted by Gasteiger charge is 2.25. The number of carbonyl (C=O) groups is 1. The summed E-state index contributed by atoms with van der Waals surface area (Å²) < 4.78 is 7.61. The molecule has 3 aromatic rings. The third-order valence-electron chi connectivity index (χ3n) is 4.27. The molecule has 2 aromatic heterocycles. The van der Waals surface area contributed by atoms with E-state index in [4.69, 9.17) is 4.74 Å². The monoisotopic (exact) mass is 369 g/mol. The Labute approximate surface area is 156 Å². The van der Waals surface area contributed by atoms with Gasteiger partial charge >= 0.3 is 11.7 Å². The maximum Gasteiger partial charge on any atom is 0.352 e. The minimum atomic E-state index is -0.771. The summed E-state index contributed by atoms with van der Waals surface area (Å²) in [7, 11) is 0.